The van der Waals surface area contributed by atoms with E-state index in [0.717, 1.165) is 0 Å². The van der Waals surface area contributed by atoms with Crippen molar-refractivity contribution in [2.24, 2.45) is 0 Å². The smallest absolute Gasteiger partial charge is 0.268 e. The summed E-state index contributed by atoms with van der Waals surface area (Å²) >= 11 is 0. The molecule has 0 aliphatic rings. The van der Waals surface area contributed by atoms with Gasteiger partial charge in [-0.05, 0) is 24.3 Å². The molecule has 1 N–H and O–H groups in total. The van der Waals surface area contributed by atoms with Gasteiger partial charge >= 0.3 is 0 Å². The maximum absolute atomic E-state index is 10.4. The van der Waals surface area contributed by atoms with Crippen molar-refractivity contribution in [1.82, 2.24) is 0 Å². The van der Waals surface area contributed by atoms with Crippen LogP contribution in [0, 0.1) is 0 Å². The highest BCUT2D eigenvalue weighted by molar-refractivity contribution is 7.85. The van der Waals surface area contributed by atoms with Gasteiger partial charge in [0.05, 0.1) is 0 Å². The van der Waals surface area contributed by atoms with Crippen LogP contribution in [0.25, 0.3) is 0 Å². The topological polar surface area (TPSA) is 80.7 Å². The molecule has 0 heterocycles. The van der Waals surface area contributed by atoms with Crippen molar-refractivity contribution in [3.63, 3.8) is 0 Å². The molecule has 0 fully saturated rings. The van der Waals surface area contributed by atoms with Crippen LogP contribution in [0.15, 0.2) is 24.3 Å². The van der Waals surface area contributed by atoms with E-state index in [-0.39, 0.29) is 6.61 Å². The summed E-state index contributed by atoms with van der Waals surface area (Å²) < 4.78 is 34.2. The molecule has 1 rings (SSSR count). The lowest BCUT2D eigenvalue weighted by atomic mass is 10.2. The Morgan fingerprint density at radius 2 is 1.87 bits per heavy atom. The minimum absolute atomic E-state index is 0.126. The lowest BCUT2D eigenvalue weighted by Gasteiger charge is -2.04. The van der Waals surface area contributed by atoms with Gasteiger partial charge in [-0.2, -0.15) is 8.42 Å². The van der Waals surface area contributed by atoms with Crippen molar-refractivity contribution in [3.05, 3.63) is 29.8 Å². The first-order valence-electron chi connectivity index (χ1n) is 4.14. The molecule has 15 heavy (non-hydrogen) atoms. The number of aldehydes is 1. The fourth-order valence-electron chi connectivity index (χ4n) is 0.907. The number of rotatable bonds is 5. The summed E-state index contributed by atoms with van der Waals surface area (Å²) in [6.07, 6.45) is 0.696. The van der Waals surface area contributed by atoms with Crippen LogP contribution in [-0.4, -0.2) is 31.6 Å². The highest BCUT2D eigenvalue weighted by Crippen LogP contribution is 2.10. The predicted octanol–water partition coefficient (Wildman–Crippen LogP) is 0.766. The molecule has 0 spiro atoms. The average Bonchev–Trinajstić information content (AvgIpc) is 2.17. The Balaban J connectivity index is 2.48. The highest BCUT2D eigenvalue weighted by Gasteiger charge is 2.04. The third-order valence-electron chi connectivity index (χ3n) is 1.63. The summed E-state index contributed by atoms with van der Waals surface area (Å²) in [5.74, 6) is -0.00754. The number of hydrogen-bond acceptors (Lipinski definition) is 4. The molecule has 0 aliphatic heterocycles. The number of ether oxygens (including phenoxy) is 1. The number of benzene rings is 1. The van der Waals surface area contributed by atoms with Crippen LogP contribution in [0.1, 0.15) is 10.4 Å². The number of hydrogen-bond donors (Lipinski definition) is 1. The Morgan fingerprint density at radius 1 is 1.27 bits per heavy atom. The van der Waals surface area contributed by atoms with E-state index in [1.165, 1.54) is 0 Å². The fraction of sp³-hybridized carbons (Fsp3) is 0.222. The van der Waals surface area contributed by atoms with Gasteiger partial charge in [0.1, 0.15) is 24.4 Å². The van der Waals surface area contributed by atoms with Gasteiger partial charge in [-0.3, -0.25) is 9.35 Å². The van der Waals surface area contributed by atoms with E-state index in [9.17, 15) is 13.2 Å². The zero-order chi connectivity index (χ0) is 11.3. The molecular weight excluding hydrogens is 220 g/mol. The zero-order valence-corrected chi connectivity index (χ0v) is 8.61. The Bertz CT molecular complexity index is 420. The monoisotopic (exact) mass is 230 g/mol. The molecular formula is C9H10O5S. The highest BCUT2D eigenvalue weighted by atomic mass is 32.2. The second-order valence-corrected chi connectivity index (χ2v) is 4.39. The maximum Gasteiger partial charge on any atom is 0.268 e. The van der Waals surface area contributed by atoms with Gasteiger partial charge in [0.2, 0.25) is 0 Å². The molecule has 0 radical (unpaired) electrons. The van der Waals surface area contributed by atoms with E-state index in [0.29, 0.717) is 17.6 Å². The fourth-order valence-corrected chi connectivity index (χ4v) is 1.20. The van der Waals surface area contributed by atoms with Crippen molar-refractivity contribution >= 4 is 16.4 Å². The van der Waals surface area contributed by atoms with Crippen LogP contribution in [0.3, 0.4) is 0 Å². The third-order valence-corrected chi connectivity index (χ3v) is 2.31. The van der Waals surface area contributed by atoms with Gasteiger partial charge in [0.15, 0.2) is 0 Å². The predicted molar refractivity (Wildman–Crippen MR) is 53.7 cm³/mol. The zero-order valence-electron chi connectivity index (χ0n) is 7.79. The Morgan fingerprint density at radius 3 is 2.33 bits per heavy atom. The van der Waals surface area contributed by atoms with Gasteiger partial charge < -0.3 is 4.74 Å². The van der Waals surface area contributed by atoms with Crippen molar-refractivity contribution in [2.45, 2.75) is 0 Å². The molecule has 1 aromatic carbocycles. The van der Waals surface area contributed by atoms with Crippen molar-refractivity contribution in [3.8, 4) is 5.75 Å². The molecule has 0 bridgehead atoms. The second-order valence-electron chi connectivity index (χ2n) is 2.82. The van der Waals surface area contributed by atoms with Gasteiger partial charge in [-0.25, -0.2) is 0 Å². The first-order valence-corrected chi connectivity index (χ1v) is 5.75. The minimum Gasteiger partial charge on any atom is -0.492 e. The van der Waals surface area contributed by atoms with Crippen LogP contribution >= 0.6 is 0 Å². The lowest BCUT2D eigenvalue weighted by Crippen LogP contribution is -2.12. The number of carbonyl (C=O) groups excluding carboxylic acids is 1. The van der Waals surface area contributed by atoms with Crippen molar-refractivity contribution in [1.29, 1.82) is 0 Å². The van der Waals surface area contributed by atoms with Crippen LogP contribution in [-0.2, 0) is 10.1 Å². The average molecular weight is 230 g/mol. The Kier molecular flexibility index (Phi) is 3.81. The molecule has 0 aromatic heterocycles. The number of carbonyl (C=O) groups is 1. The minimum atomic E-state index is -3.99. The van der Waals surface area contributed by atoms with Gasteiger partial charge in [0.25, 0.3) is 10.1 Å². The van der Waals surface area contributed by atoms with Crippen LogP contribution in [0.5, 0.6) is 5.75 Å². The van der Waals surface area contributed by atoms with Crippen molar-refractivity contribution in [2.75, 3.05) is 12.4 Å². The summed E-state index contributed by atoms with van der Waals surface area (Å²) in [5, 5.41) is 0. The van der Waals surface area contributed by atoms with E-state index < -0.39 is 15.9 Å². The Hall–Kier alpha value is -1.40. The summed E-state index contributed by atoms with van der Waals surface area (Å²) in [6.45, 7) is -0.126. The lowest BCUT2D eigenvalue weighted by molar-refractivity contribution is 0.112. The molecule has 5 nitrogen and oxygen atoms in total. The third kappa shape index (κ3) is 4.57. The summed E-state index contributed by atoms with van der Waals surface area (Å²) in [7, 11) is -3.99. The molecule has 6 heteroatoms. The standard InChI is InChI=1S/C9H10O5S/c10-7-8-1-3-9(4-2-8)14-5-6-15(11,12)13/h1-4,7H,5-6H2,(H,11,12,13). The van der Waals surface area contributed by atoms with Gasteiger partial charge in [0, 0.05) is 5.56 Å². The van der Waals surface area contributed by atoms with Crippen LogP contribution in [0.2, 0.25) is 0 Å². The quantitative estimate of drug-likeness (QED) is 0.596. The van der Waals surface area contributed by atoms with E-state index >= 15 is 0 Å². The summed E-state index contributed by atoms with van der Waals surface area (Å²) in [5.41, 5.74) is 0.511. The molecule has 0 atom stereocenters. The summed E-state index contributed by atoms with van der Waals surface area (Å²) in [4.78, 5) is 10.3. The van der Waals surface area contributed by atoms with Gasteiger partial charge in [-0.15, -0.1) is 0 Å². The SMILES string of the molecule is O=Cc1ccc(OCCS(=O)(=O)O)cc1. The molecule has 0 amide bonds. The molecule has 0 aliphatic carbocycles. The van der Waals surface area contributed by atoms with E-state index in [1.54, 1.807) is 24.3 Å². The van der Waals surface area contributed by atoms with Crippen LogP contribution in [0.4, 0.5) is 0 Å². The largest absolute Gasteiger partial charge is 0.492 e. The normalized spacial score (nSPS) is 11.0. The first kappa shape index (κ1) is 11.7. The molecule has 1 aromatic rings. The van der Waals surface area contributed by atoms with Gasteiger partial charge in [-0.1, -0.05) is 0 Å². The maximum atomic E-state index is 10.4. The molecule has 0 saturated carbocycles. The van der Waals surface area contributed by atoms with E-state index in [1.807, 2.05) is 0 Å². The first-order chi connectivity index (χ1) is 7.01. The molecule has 0 saturated heterocycles. The second kappa shape index (κ2) is 4.90. The molecule has 82 valence electrons. The Labute approximate surface area is 87.4 Å². The van der Waals surface area contributed by atoms with Crippen molar-refractivity contribution < 1.29 is 22.5 Å². The van der Waals surface area contributed by atoms with E-state index in [4.69, 9.17) is 9.29 Å². The van der Waals surface area contributed by atoms with E-state index in [2.05, 4.69) is 0 Å². The van der Waals surface area contributed by atoms with Crippen LogP contribution < -0.4 is 4.74 Å². The summed E-state index contributed by atoms with van der Waals surface area (Å²) in [6, 6.07) is 6.20. The molecule has 0 unspecified atom stereocenters.